The van der Waals surface area contributed by atoms with E-state index in [1.165, 1.54) is 0 Å². The van der Waals surface area contributed by atoms with Crippen LogP contribution in [0.15, 0.2) is 57.3 Å². The van der Waals surface area contributed by atoms with Gasteiger partial charge < -0.3 is 5.32 Å². The summed E-state index contributed by atoms with van der Waals surface area (Å²) < 4.78 is 0. The van der Waals surface area contributed by atoms with Gasteiger partial charge in [-0.15, -0.1) is 22.7 Å². The Morgan fingerprint density at radius 2 is 2.12 bits per heavy atom. The first-order valence-electron chi connectivity index (χ1n) is 7.33. The Labute approximate surface area is 152 Å². The molecule has 4 heterocycles. The van der Waals surface area contributed by atoms with E-state index in [4.69, 9.17) is 21.6 Å². The van der Waals surface area contributed by atoms with E-state index < -0.39 is 0 Å². The number of fused-ring (bicyclic) bond motifs is 1. The molecule has 0 aromatic carbocycles. The molecule has 0 bridgehead atoms. The number of likely N-dealkylation sites (N-methyl/N-ethyl adjacent to an activating group) is 1. The SMILES string of the molecule is CNC1=Nc2ncccc2C(c2cccs2)=NC1c1cc(Cl)cs1. The van der Waals surface area contributed by atoms with Crippen LogP contribution >= 0.6 is 34.3 Å². The van der Waals surface area contributed by atoms with Crippen molar-refractivity contribution < 1.29 is 0 Å². The molecule has 4 rings (SSSR count). The van der Waals surface area contributed by atoms with Crippen molar-refractivity contribution >= 4 is 51.6 Å². The van der Waals surface area contributed by atoms with Crippen LogP contribution in [0, 0.1) is 0 Å². The fourth-order valence-corrected chi connectivity index (χ4v) is 4.43. The highest BCUT2D eigenvalue weighted by molar-refractivity contribution is 7.12. The molecule has 0 fully saturated rings. The van der Waals surface area contributed by atoms with Crippen LogP contribution in [0.3, 0.4) is 0 Å². The fraction of sp³-hybridized carbons (Fsp3) is 0.118. The lowest BCUT2D eigenvalue weighted by molar-refractivity contribution is 0.928. The molecule has 0 saturated carbocycles. The Balaban J connectivity index is 1.95. The first kappa shape index (κ1) is 15.5. The molecule has 0 saturated heterocycles. The third kappa shape index (κ3) is 2.77. The van der Waals surface area contributed by atoms with Gasteiger partial charge in [-0.25, -0.2) is 9.98 Å². The van der Waals surface area contributed by atoms with E-state index in [0.717, 1.165) is 31.9 Å². The van der Waals surface area contributed by atoms with Gasteiger partial charge >= 0.3 is 0 Å². The molecule has 120 valence electrons. The number of aromatic nitrogens is 1. The zero-order chi connectivity index (χ0) is 16.5. The summed E-state index contributed by atoms with van der Waals surface area (Å²) in [5.41, 5.74) is 1.86. The first-order chi connectivity index (χ1) is 11.8. The van der Waals surface area contributed by atoms with Gasteiger partial charge in [0.25, 0.3) is 0 Å². The number of nitrogens with zero attached hydrogens (tertiary/aromatic N) is 3. The van der Waals surface area contributed by atoms with Crippen LogP contribution < -0.4 is 5.32 Å². The highest BCUT2D eigenvalue weighted by atomic mass is 35.5. The van der Waals surface area contributed by atoms with Gasteiger partial charge in [0, 0.05) is 29.1 Å². The third-order valence-corrected chi connectivity index (χ3v) is 5.86. The zero-order valence-corrected chi connectivity index (χ0v) is 15.1. The number of halogens is 1. The molecule has 0 radical (unpaired) electrons. The van der Waals surface area contributed by atoms with Crippen LogP contribution in [0.1, 0.15) is 21.4 Å². The second-order valence-corrected chi connectivity index (χ2v) is 7.47. The molecule has 1 aliphatic heterocycles. The summed E-state index contributed by atoms with van der Waals surface area (Å²) in [4.78, 5) is 16.4. The molecule has 1 unspecified atom stereocenters. The molecule has 0 spiro atoms. The molecule has 1 N–H and O–H groups in total. The summed E-state index contributed by atoms with van der Waals surface area (Å²) in [6.45, 7) is 0. The molecule has 7 heteroatoms. The maximum Gasteiger partial charge on any atom is 0.163 e. The number of hydrogen-bond donors (Lipinski definition) is 1. The molecule has 3 aromatic heterocycles. The maximum absolute atomic E-state index is 6.13. The van der Waals surface area contributed by atoms with Crippen LogP contribution in [0.5, 0.6) is 0 Å². The molecule has 1 aliphatic rings. The number of rotatable bonds is 2. The maximum atomic E-state index is 6.13. The van der Waals surface area contributed by atoms with E-state index in [1.54, 1.807) is 28.9 Å². The standard InChI is InChI=1S/C17H13ClN4S2/c1-19-17-15(13-8-10(18)9-24-13)21-14(12-5-3-7-23-12)11-4-2-6-20-16(11)22-17/h2-9,15H,1H3,(H,19,20,22). The van der Waals surface area contributed by atoms with Gasteiger partial charge in [0.2, 0.25) is 0 Å². The number of nitrogens with one attached hydrogen (secondary N) is 1. The second kappa shape index (κ2) is 6.47. The van der Waals surface area contributed by atoms with Crippen molar-refractivity contribution in [1.82, 2.24) is 10.3 Å². The second-order valence-electron chi connectivity index (χ2n) is 5.15. The number of amidine groups is 1. The Kier molecular flexibility index (Phi) is 4.18. The summed E-state index contributed by atoms with van der Waals surface area (Å²) in [5.74, 6) is 1.44. The number of hydrogen-bond acceptors (Lipinski definition) is 6. The van der Waals surface area contributed by atoms with Gasteiger partial charge in [-0.2, -0.15) is 0 Å². The predicted molar refractivity (Wildman–Crippen MR) is 102 cm³/mol. The van der Waals surface area contributed by atoms with E-state index in [0.29, 0.717) is 5.82 Å². The van der Waals surface area contributed by atoms with E-state index >= 15 is 0 Å². The summed E-state index contributed by atoms with van der Waals surface area (Å²) >= 11 is 9.37. The first-order valence-corrected chi connectivity index (χ1v) is 9.47. The minimum absolute atomic E-state index is 0.223. The van der Waals surface area contributed by atoms with Crippen LogP contribution in [-0.4, -0.2) is 23.6 Å². The highest BCUT2D eigenvalue weighted by Crippen LogP contribution is 2.34. The van der Waals surface area contributed by atoms with Crippen LogP contribution in [0.2, 0.25) is 5.02 Å². The molecular formula is C17H13ClN4S2. The molecule has 0 amide bonds. The van der Waals surface area contributed by atoms with Gasteiger partial charge in [-0.05, 0) is 29.6 Å². The summed E-state index contributed by atoms with van der Waals surface area (Å²) in [6.07, 6.45) is 1.75. The number of pyridine rings is 1. The van der Waals surface area contributed by atoms with Gasteiger partial charge in [0.1, 0.15) is 11.9 Å². The minimum atomic E-state index is -0.223. The number of thiophene rings is 2. The van der Waals surface area contributed by atoms with Crippen LogP contribution in [0.25, 0.3) is 0 Å². The summed E-state index contributed by atoms with van der Waals surface area (Å²) in [5, 5.41) is 7.87. The average Bonchev–Trinajstić information content (AvgIpc) is 3.24. The molecule has 24 heavy (non-hydrogen) atoms. The lowest BCUT2D eigenvalue weighted by atomic mass is 10.1. The normalized spacial score (nSPS) is 16.8. The van der Waals surface area contributed by atoms with E-state index in [9.17, 15) is 0 Å². The van der Waals surface area contributed by atoms with Gasteiger partial charge in [-0.3, -0.25) is 4.99 Å². The average molecular weight is 373 g/mol. The summed E-state index contributed by atoms with van der Waals surface area (Å²) in [7, 11) is 1.86. The van der Waals surface area contributed by atoms with E-state index in [-0.39, 0.29) is 6.04 Å². The zero-order valence-electron chi connectivity index (χ0n) is 12.7. The Hall–Kier alpha value is -2.02. The topological polar surface area (TPSA) is 49.6 Å². The highest BCUT2D eigenvalue weighted by Gasteiger charge is 2.26. The molecule has 4 nitrogen and oxygen atoms in total. The lowest BCUT2D eigenvalue weighted by Gasteiger charge is -2.13. The molecular weight excluding hydrogens is 360 g/mol. The fourth-order valence-electron chi connectivity index (χ4n) is 2.58. The predicted octanol–water partition coefficient (Wildman–Crippen LogP) is 4.70. The molecule has 1 atom stereocenters. The Bertz CT molecular complexity index is 928. The Morgan fingerprint density at radius 3 is 2.83 bits per heavy atom. The van der Waals surface area contributed by atoms with Crippen molar-refractivity contribution in [2.75, 3.05) is 7.05 Å². The quantitative estimate of drug-likeness (QED) is 0.708. The monoisotopic (exact) mass is 372 g/mol. The van der Waals surface area contributed by atoms with Gasteiger partial charge in [-0.1, -0.05) is 17.7 Å². The van der Waals surface area contributed by atoms with Crippen molar-refractivity contribution in [3.8, 4) is 0 Å². The largest absolute Gasteiger partial charge is 0.374 e. The van der Waals surface area contributed by atoms with Crippen molar-refractivity contribution in [1.29, 1.82) is 0 Å². The third-order valence-electron chi connectivity index (χ3n) is 3.65. The van der Waals surface area contributed by atoms with Crippen molar-refractivity contribution in [3.05, 3.63) is 67.6 Å². The van der Waals surface area contributed by atoms with Crippen molar-refractivity contribution in [2.45, 2.75) is 6.04 Å². The van der Waals surface area contributed by atoms with Crippen LogP contribution in [0.4, 0.5) is 5.82 Å². The number of aliphatic imine (C=N–C) groups is 2. The van der Waals surface area contributed by atoms with Gasteiger partial charge in [0.05, 0.1) is 15.6 Å². The Morgan fingerprint density at radius 1 is 1.21 bits per heavy atom. The summed E-state index contributed by atoms with van der Waals surface area (Å²) in [6, 6.07) is 9.76. The van der Waals surface area contributed by atoms with Gasteiger partial charge in [0.15, 0.2) is 5.82 Å². The van der Waals surface area contributed by atoms with Crippen LogP contribution in [-0.2, 0) is 0 Å². The van der Waals surface area contributed by atoms with E-state index in [2.05, 4.69) is 21.7 Å². The molecule has 3 aromatic rings. The van der Waals surface area contributed by atoms with Crippen molar-refractivity contribution in [2.24, 2.45) is 9.98 Å². The van der Waals surface area contributed by atoms with E-state index in [1.807, 2.05) is 36.7 Å². The molecule has 0 aliphatic carbocycles. The van der Waals surface area contributed by atoms with Crippen molar-refractivity contribution in [3.63, 3.8) is 0 Å². The minimum Gasteiger partial charge on any atom is -0.374 e. The smallest absolute Gasteiger partial charge is 0.163 e. The lowest BCUT2D eigenvalue weighted by Crippen LogP contribution is -2.24.